The number of para-hydroxylation sites is 1. The molecule has 0 amide bonds. The third-order valence-corrected chi connectivity index (χ3v) is 5.57. The smallest absolute Gasteiger partial charge is 0.271 e. The van der Waals surface area contributed by atoms with Crippen LogP contribution in [0, 0.1) is 10.1 Å². The summed E-state index contributed by atoms with van der Waals surface area (Å²) in [6, 6.07) is 12.2. The van der Waals surface area contributed by atoms with E-state index >= 15 is 0 Å². The van der Waals surface area contributed by atoms with Crippen LogP contribution in [0.25, 0.3) is 33.0 Å². The van der Waals surface area contributed by atoms with E-state index in [1.54, 1.807) is 23.9 Å². The molecule has 2 aromatic heterocycles. The van der Waals surface area contributed by atoms with Gasteiger partial charge in [0.1, 0.15) is 0 Å². The quantitative estimate of drug-likeness (QED) is 0.269. The molecule has 0 aliphatic carbocycles. The highest BCUT2D eigenvalue weighted by Crippen LogP contribution is 2.37. The maximum Gasteiger partial charge on any atom is 0.271 e. The number of benzene rings is 2. The minimum absolute atomic E-state index is 0.0329. The van der Waals surface area contributed by atoms with Gasteiger partial charge in [-0.15, -0.1) is 0 Å². The normalized spacial score (nSPS) is 12.3. The van der Waals surface area contributed by atoms with Gasteiger partial charge in [-0.2, -0.15) is 0 Å². The average Bonchev–Trinajstić information content (AvgIpc) is 3.22. The molecular formula is C24H21N3O4. The van der Waals surface area contributed by atoms with Gasteiger partial charge >= 0.3 is 0 Å². The summed E-state index contributed by atoms with van der Waals surface area (Å²) in [4.78, 5) is 36.5. The number of nitrogens with zero attached hydrogens (tertiary/aromatic N) is 3. The second kappa shape index (κ2) is 7.36. The number of hydrogen-bond acceptors (Lipinski definition) is 4. The number of nitro groups is 1. The predicted octanol–water partition coefficient (Wildman–Crippen LogP) is 4.67. The Morgan fingerprint density at radius 1 is 0.806 bits per heavy atom. The monoisotopic (exact) mass is 415 g/mol. The summed E-state index contributed by atoms with van der Waals surface area (Å²) < 4.78 is 3.67. The number of fused-ring (bicyclic) bond motifs is 2. The number of allylic oxidation sites excluding steroid dienone is 2. The van der Waals surface area contributed by atoms with Crippen molar-refractivity contribution in [2.75, 3.05) is 0 Å². The Hall–Kier alpha value is -4.00. The second-order valence-electron chi connectivity index (χ2n) is 7.65. The third kappa shape index (κ3) is 3.24. The van der Waals surface area contributed by atoms with E-state index in [1.165, 1.54) is 26.0 Å². The first-order valence-electron chi connectivity index (χ1n) is 9.75. The van der Waals surface area contributed by atoms with Crippen LogP contribution < -0.4 is 0 Å². The zero-order chi connectivity index (χ0) is 22.4. The Morgan fingerprint density at radius 2 is 1.32 bits per heavy atom. The van der Waals surface area contributed by atoms with Crippen LogP contribution in [0.3, 0.4) is 0 Å². The molecule has 0 atom stereocenters. The van der Waals surface area contributed by atoms with E-state index in [1.807, 2.05) is 42.1 Å². The van der Waals surface area contributed by atoms with Gasteiger partial charge in [0.15, 0.2) is 11.6 Å². The summed E-state index contributed by atoms with van der Waals surface area (Å²) in [6.07, 6.45) is 3.61. The van der Waals surface area contributed by atoms with Gasteiger partial charge in [0.05, 0.1) is 10.4 Å². The Bertz CT molecular complexity index is 1440. The number of nitro benzene ring substituents is 1. The van der Waals surface area contributed by atoms with Crippen molar-refractivity contribution in [1.82, 2.24) is 9.13 Å². The number of hydrogen-bond donors (Lipinski definition) is 0. The van der Waals surface area contributed by atoms with Crippen molar-refractivity contribution in [3.05, 3.63) is 76.1 Å². The minimum atomic E-state index is -0.453. The fraction of sp³-hybridized carbons (Fsp3) is 0.167. The van der Waals surface area contributed by atoms with E-state index in [-0.39, 0.29) is 17.3 Å². The largest absolute Gasteiger partial charge is 0.350 e. The zero-order valence-corrected chi connectivity index (χ0v) is 17.7. The van der Waals surface area contributed by atoms with E-state index in [2.05, 4.69) is 0 Å². The molecule has 2 aromatic carbocycles. The molecular weight excluding hydrogens is 394 g/mol. The number of ketones is 2. The summed E-state index contributed by atoms with van der Waals surface area (Å²) in [5.74, 6) is -0.468. The highest BCUT2D eigenvalue weighted by Gasteiger charge is 2.25. The highest BCUT2D eigenvalue weighted by atomic mass is 16.6. The number of carbonyl (C=O) groups excluding carboxylic acids is 2. The first-order chi connectivity index (χ1) is 14.7. The topological polar surface area (TPSA) is 87.1 Å². The molecule has 156 valence electrons. The lowest BCUT2D eigenvalue weighted by molar-refractivity contribution is -0.384. The van der Waals surface area contributed by atoms with Gasteiger partial charge in [-0.25, -0.2) is 0 Å². The van der Waals surface area contributed by atoms with Crippen molar-refractivity contribution in [1.29, 1.82) is 0 Å². The van der Waals surface area contributed by atoms with Crippen molar-refractivity contribution < 1.29 is 14.5 Å². The van der Waals surface area contributed by atoms with Crippen LogP contribution in [-0.2, 0) is 23.7 Å². The van der Waals surface area contributed by atoms with Gasteiger partial charge in [-0.3, -0.25) is 19.7 Å². The molecule has 0 unspecified atom stereocenters. The number of aromatic nitrogens is 2. The van der Waals surface area contributed by atoms with Gasteiger partial charge in [-0.05, 0) is 26.0 Å². The Kier molecular flexibility index (Phi) is 4.81. The van der Waals surface area contributed by atoms with E-state index in [0.717, 1.165) is 10.9 Å². The van der Waals surface area contributed by atoms with Crippen LogP contribution >= 0.6 is 0 Å². The van der Waals surface area contributed by atoms with Crippen LogP contribution in [0.15, 0.2) is 54.9 Å². The summed E-state index contributed by atoms with van der Waals surface area (Å²) in [6.45, 7) is 2.89. The lowest BCUT2D eigenvalue weighted by atomic mass is 9.89. The Labute approximate surface area is 178 Å². The molecule has 0 saturated carbocycles. The maximum atomic E-state index is 12.9. The summed E-state index contributed by atoms with van der Waals surface area (Å²) >= 11 is 0. The molecule has 31 heavy (non-hydrogen) atoms. The summed E-state index contributed by atoms with van der Waals surface area (Å²) in [7, 11) is 3.66. The molecule has 0 N–H and O–H groups in total. The van der Waals surface area contributed by atoms with Crippen molar-refractivity contribution in [2.24, 2.45) is 14.1 Å². The average molecular weight is 415 g/mol. The summed E-state index contributed by atoms with van der Waals surface area (Å²) in [5.41, 5.74) is 3.46. The predicted molar refractivity (Wildman–Crippen MR) is 121 cm³/mol. The lowest BCUT2D eigenvalue weighted by Gasteiger charge is -2.11. The molecule has 0 saturated heterocycles. The Balaban J connectivity index is 2.10. The maximum absolute atomic E-state index is 12.9. The van der Waals surface area contributed by atoms with E-state index in [0.29, 0.717) is 33.2 Å². The lowest BCUT2D eigenvalue weighted by Crippen LogP contribution is -2.06. The van der Waals surface area contributed by atoms with Crippen molar-refractivity contribution in [3.8, 4) is 0 Å². The van der Waals surface area contributed by atoms with E-state index in [4.69, 9.17) is 0 Å². The van der Waals surface area contributed by atoms with E-state index in [9.17, 15) is 19.7 Å². The molecule has 0 aliphatic rings. The molecule has 7 heteroatoms. The molecule has 4 rings (SSSR count). The number of aryl methyl sites for hydroxylation is 2. The van der Waals surface area contributed by atoms with E-state index < -0.39 is 4.92 Å². The van der Waals surface area contributed by atoms with Gasteiger partial charge in [0.2, 0.25) is 0 Å². The summed E-state index contributed by atoms with van der Waals surface area (Å²) in [5, 5.41) is 12.8. The Morgan fingerprint density at radius 3 is 1.87 bits per heavy atom. The molecule has 0 bridgehead atoms. The first-order valence-corrected chi connectivity index (χ1v) is 9.75. The minimum Gasteiger partial charge on any atom is -0.350 e. The third-order valence-electron chi connectivity index (χ3n) is 5.57. The van der Waals surface area contributed by atoms with Crippen molar-refractivity contribution in [2.45, 2.75) is 13.8 Å². The SMILES string of the molecule is CC(=O)/C(=C(\C(C)=O)c1cn(C)c2cc([N+](=O)[O-])ccc12)c1cn(C)c2ccccc12. The molecule has 4 aromatic rings. The fourth-order valence-corrected chi connectivity index (χ4v) is 4.23. The van der Waals surface area contributed by atoms with Gasteiger partial charge in [-0.1, -0.05) is 18.2 Å². The fourth-order valence-electron chi connectivity index (χ4n) is 4.23. The van der Waals surface area contributed by atoms with Gasteiger partial charge < -0.3 is 9.13 Å². The number of rotatable bonds is 5. The number of carbonyl (C=O) groups is 2. The molecule has 0 radical (unpaired) electrons. The molecule has 0 spiro atoms. The van der Waals surface area contributed by atoms with Gasteiger partial charge in [0, 0.05) is 77.2 Å². The van der Waals surface area contributed by atoms with Crippen LogP contribution in [0.1, 0.15) is 25.0 Å². The van der Waals surface area contributed by atoms with Gasteiger partial charge in [0.25, 0.3) is 5.69 Å². The van der Waals surface area contributed by atoms with Crippen LogP contribution in [-0.4, -0.2) is 25.6 Å². The van der Waals surface area contributed by atoms with Crippen molar-refractivity contribution >= 4 is 50.2 Å². The van der Waals surface area contributed by atoms with Crippen LogP contribution in [0.5, 0.6) is 0 Å². The molecule has 2 heterocycles. The van der Waals surface area contributed by atoms with Crippen molar-refractivity contribution in [3.63, 3.8) is 0 Å². The number of Topliss-reactive ketones (excluding diaryl/α,β-unsaturated/α-hetero) is 2. The first kappa shape index (κ1) is 20.3. The molecule has 7 nitrogen and oxygen atoms in total. The second-order valence-corrected chi connectivity index (χ2v) is 7.65. The number of non-ortho nitro benzene ring substituents is 1. The van der Waals surface area contributed by atoms with Crippen LogP contribution in [0.2, 0.25) is 0 Å². The van der Waals surface area contributed by atoms with Crippen LogP contribution in [0.4, 0.5) is 5.69 Å². The standard InChI is InChI=1S/C24H21N3O4/c1-14(28)23(19-12-25(3)21-8-6-5-7-17(19)21)24(15(2)29)20-13-26(4)22-11-16(27(30)31)9-10-18(20)22/h5-13H,1-4H3/b24-23-. The highest BCUT2D eigenvalue weighted by molar-refractivity contribution is 6.42. The molecule has 0 fully saturated rings. The molecule has 0 aliphatic heterocycles. The zero-order valence-electron chi connectivity index (χ0n) is 17.7.